The largest absolute Gasteiger partial charge is 0.341 e. The van der Waals surface area contributed by atoms with E-state index in [1.807, 2.05) is 79.7 Å². The van der Waals surface area contributed by atoms with Gasteiger partial charge in [-0.2, -0.15) is 20.1 Å². The van der Waals surface area contributed by atoms with Crippen LogP contribution in [-0.2, 0) is 0 Å². The summed E-state index contributed by atoms with van der Waals surface area (Å²) in [5.74, 6) is 1.31. The third kappa shape index (κ3) is 6.50. The third-order valence-corrected chi connectivity index (χ3v) is 6.21. The second-order valence-electron chi connectivity index (χ2n) is 9.03. The number of rotatable bonds is 8. The number of anilines is 5. The van der Waals surface area contributed by atoms with Gasteiger partial charge in [-0.15, -0.1) is 0 Å². The smallest absolute Gasteiger partial charge is 0.255 e. The van der Waals surface area contributed by atoms with Crippen molar-refractivity contribution in [2.24, 2.45) is 5.10 Å². The number of piperidine rings is 1. The number of hydrogen-bond acceptors (Lipinski definition) is 8. The number of benzene rings is 3. The molecule has 1 fully saturated rings. The fourth-order valence-electron chi connectivity index (χ4n) is 4.14. The maximum absolute atomic E-state index is 12.4. The first-order chi connectivity index (χ1) is 18.6. The minimum absolute atomic E-state index is 0.148. The van der Waals surface area contributed by atoms with Crippen LogP contribution in [0.4, 0.5) is 29.2 Å². The lowest BCUT2D eigenvalue weighted by atomic mass is 10.1. The molecule has 9 heteroatoms. The normalized spacial score (nSPS) is 13.6. The summed E-state index contributed by atoms with van der Waals surface area (Å²) in [6.07, 6.45) is 3.46. The van der Waals surface area contributed by atoms with Crippen LogP contribution in [0.1, 0.15) is 42.1 Å². The molecule has 1 aliphatic heterocycles. The summed E-state index contributed by atoms with van der Waals surface area (Å²) in [5, 5.41) is 10.7. The third-order valence-electron chi connectivity index (χ3n) is 6.21. The van der Waals surface area contributed by atoms with Gasteiger partial charge >= 0.3 is 0 Å². The summed E-state index contributed by atoms with van der Waals surface area (Å²) in [6, 6.07) is 26.5. The van der Waals surface area contributed by atoms with E-state index < -0.39 is 0 Å². The molecule has 2 heterocycles. The first-order valence-corrected chi connectivity index (χ1v) is 12.7. The highest BCUT2D eigenvalue weighted by Crippen LogP contribution is 2.21. The molecular formula is C29H30N8O. The molecule has 0 bridgehead atoms. The molecule has 9 nitrogen and oxygen atoms in total. The molecule has 0 atom stereocenters. The molecule has 0 saturated carbocycles. The van der Waals surface area contributed by atoms with Crippen molar-refractivity contribution in [3.05, 3.63) is 96.1 Å². The Bertz CT molecular complexity index is 1390. The Morgan fingerprint density at radius 2 is 1.39 bits per heavy atom. The van der Waals surface area contributed by atoms with E-state index in [0.29, 0.717) is 29.1 Å². The second-order valence-corrected chi connectivity index (χ2v) is 9.03. The van der Waals surface area contributed by atoms with E-state index in [0.717, 1.165) is 42.9 Å². The van der Waals surface area contributed by atoms with Gasteiger partial charge in [0, 0.05) is 30.0 Å². The van der Waals surface area contributed by atoms with E-state index in [4.69, 9.17) is 0 Å². The number of aromatic nitrogens is 3. The van der Waals surface area contributed by atoms with Gasteiger partial charge in [-0.05, 0) is 68.1 Å². The van der Waals surface area contributed by atoms with Gasteiger partial charge in [0.15, 0.2) is 0 Å². The fraction of sp³-hybridized carbons (Fsp3) is 0.207. The SMILES string of the molecule is C/C(=N/Nc1nc(Nc2ccccc2)nc(N2CCCCC2)n1)c1ccc(NC(=O)c2ccccc2)cc1. The molecule has 5 rings (SSSR count). The van der Waals surface area contributed by atoms with Crippen molar-refractivity contribution < 1.29 is 4.79 Å². The van der Waals surface area contributed by atoms with Crippen molar-refractivity contribution in [2.45, 2.75) is 26.2 Å². The number of hydrazone groups is 1. The van der Waals surface area contributed by atoms with Crippen LogP contribution in [0.15, 0.2) is 90.0 Å². The predicted octanol–water partition coefficient (Wildman–Crippen LogP) is 5.69. The van der Waals surface area contributed by atoms with Crippen molar-refractivity contribution in [1.82, 2.24) is 15.0 Å². The van der Waals surface area contributed by atoms with E-state index in [1.165, 1.54) is 6.42 Å². The summed E-state index contributed by atoms with van der Waals surface area (Å²) in [7, 11) is 0. The average Bonchev–Trinajstić information content (AvgIpc) is 2.97. The molecule has 0 aliphatic carbocycles. The Balaban J connectivity index is 1.30. The molecule has 0 spiro atoms. The van der Waals surface area contributed by atoms with Crippen LogP contribution >= 0.6 is 0 Å². The zero-order valence-corrected chi connectivity index (χ0v) is 21.3. The predicted molar refractivity (Wildman–Crippen MR) is 152 cm³/mol. The second kappa shape index (κ2) is 12.0. The topological polar surface area (TPSA) is 107 Å². The lowest BCUT2D eigenvalue weighted by Crippen LogP contribution is -2.31. The number of nitrogens with zero attached hydrogens (tertiary/aromatic N) is 5. The Labute approximate surface area is 222 Å². The average molecular weight is 507 g/mol. The minimum Gasteiger partial charge on any atom is -0.341 e. The Kier molecular flexibility index (Phi) is 7.83. The highest BCUT2D eigenvalue weighted by atomic mass is 16.1. The van der Waals surface area contributed by atoms with Crippen molar-refractivity contribution in [1.29, 1.82) is 0 Å². The van der Waals surface area contributed by atoms with Gasteiger partial charge in [-0.3, -0.25) is 4.79 Å². The van der Waals surface area contributed by atoms with Crippen LogP contribution in [0.25, 0.3) is 0 Å². The number of hydrogen-bond donors (Lipinski definition) is 3. The molecule has 0 radical (unpaired) electrons. The maximum Gasteiger partial charge on any atom is 0.255 e. The Morgan fingerprint density at radius 3 is 2.11 bits per heavy atom. The Hall–Kier alpha value is -4.79. The molecule has 0 unspecified atom stereocenters. The van der Waals surface area contributed by atoms with Crippen LogP contribution in [0.2, 0.25) is 0 Å². The van der Waals surface area contributed by atoms with Gasteiger partial charge in [0.2, 0.25) is 17.8 Å². The molecule has 3 N–H and O–H groups in total. The highest BCUT2D eigenvalue weighted by molar-refractivity contribution is 6.04. The lowest BCUT2D eigenvalue weighted by molar-refractivity contribution is 0.102. The van der Waals surface area contributed by atoms with E-state index in [1.54, 1.807) is 12.1 Å². The monoisotopic (exact) mass is 506 g/mol. The van der Waals surface area contributed by atoms with Gasteiger partial charge in [0.25, 0.3) is 5.91 Å². The molecule has 3 aromatic carbocycles. The van der Waals surface area contributed by atoms with Gasteiger partial charge in [0.1, 0.15) is 0 Å². The number of carbonyl (C=O) groups excluding carboxylic acids is 1. The molecule has 1 saturated heterocycles. The summed E-state index contributed by atoms with van der Waals surface area (Å²) >= 11 is 0. The summed E-state index contributed by atoms with van der Waals surface area (Å²) < 4.78 is 0. The van der Waals surface area contributed by atoms with Crippen molar-refractivity contribution in [2.75, 3.05) is 34.0 Å². The molecule has 1 aromatic heterocycles. The molecule has 192 valence electrons. The molecule has 4 aromatic rings. The molecular weight excluding hydrogens is 476 g/mol. The lowest BCUT2D eigenvalue weighted by Gasteiger charge is -2.26. The number of para-hydroxylation sites is 1. The Morgan fingerprint density at radius 1 is 0.737 bits per heavy atom. The van der Waals surface area contributed by atoms with Crippen LogP contribution in [0.3, 0.4) is 0 Å². The van der Waals surface area contributed by atoms with Crippen LogP contribution < -0.4 is 21.0 Å². The van der Waals surface area contributed by atoms with E-state index >= 15 is 0 Å². The zero-order valence-electron chi connectivity index (χ0n) is 21.3. The van der Waals surface area contributed by atoms with Gasteiger partial charge in [-0.25, -0.2) is 5.43 Å². The number of amides is 1. The van der Waals surface area contributed by atoms with Crippen LogP contribution in [0, 0.1) is 0 Å². The van der Waals surface area contributed by atoms with Gasteiger partial charge in [-0.1, -0.05) is 48.5 Å². The van der Waals surface area contributed by atoms with Crippen molar-refractivity contribution in [3.63, 3.8) is 0 Å². The maximum atomic E-state index is 12.4. The number of carbonyl (C=O) groups is 1. The van der Waals surface area contributed by atoms with Gasteiger partial charge in [0.05, 0.1) is 5.71 Å². The first-order valence-electron chi connectivity index (χ1n) is 12.7. The molecule has 38 heavy (non-hydrogen) atoms. The minimum atomic E-state index is -0.148. The standard InChI is InChI=1S/C29H30N8O/c1-21(22-15-17-25(18-16-22)30-26(38)23-11-5-2-6-12-23)35-36-28-32-27(31-24-13-7-3-8-14-24)33-29(34-28)37-19-9-4-10-20-37/h2-3,5-8,11-18H,4,9-10,19-20H2,1H3,(H,30,38)(H2,31,32,33,34,36)/b35-21-. The zero-order chi connectivity index (χ0) is 26.2. The van der Waals surface area contributed by atoms with Crippen molar-refractivity contribution in [3.8, 4) is 0 Å². The molecule has 1 amide bonds. The highest BCUT2D eigenvalue weighted by Gasteiger charge is 2.16. The number of nitrogens with one attached hydrogen (secondary N) is 3. The van der Waals surface area contributed by atoms with Crippen molar-refractivity contribution >= 4 is 40.8 Å². The quantitative estimate of drug-likeness (QED) is 0.208. The summed E-state index contributed by atoms with van der Waals surface area (Å²) in [6.45, 7) is 3.74. The van der Waals surface area contributed by atoms with E-state index in [-0.39, 0.29) is 5.91 Å². The van der Waals surface area contributed by atoms with Crippen LogP contribution in [-0.4, -0.2) is 39.7 Å². The summed E-state index contributed by atoms with van der Waals surface area (Å²) in [5.41, 5.74) is 6.89. The van der Waals surface area contributed by atoms with Gasteiger partial charge < -0.3 is 15.5 Å². The molecule has 1 aliphatic rings. The first kappa shape index (κ1) is 24.9. The van der Waals surface area contributed by atoms with E-state index in [2.05, 4.69) is 41.0 Å². The summed E-state index contributed by atoms with van der Waals surface area (Å²) in [4.78, 5) is 28.4. The van der Waals surface area contributed by atoms with E-state index in [9.17, 15) is 4.79 Å². The fourth-order valence-corrected chi connectivity index (χ4v) is 4.14. The van der Waals surface area contributed by atoms with Crippen LogP contribution in [0.5, 0.6) is 0 Å².